The van der Waals surface area contributed by atoms with Gasteiger partial charge in [-0.1, -0.05) is 0 Å². The number of amides is 1. The van der Waals surface area contributed by atoms with Crippen LogP contribution in [0.4, 0.5) is 5.69 Å². The standard InChI is InChI=1S/C12H18N2O3/c1-9-8-10(13)2-3-11(9)12(16)14-4-6-17-7-5-15/h2-3,8,15H,4-7,13H2,1H3,(H,14,16). The number of nitrogens with one attached hydrogen (secondary N) is 1. The molecule has 0 unspecified atom stereocenters. The number of aliphatic hydroxyl groups excluding tert-OH is 1. The van der Waals surface area contributed by atoms with Crippen LogP contribution in [-0.4, -0.2) is 37.4 Å². The molecule has 4 N–H and O–H groups in total. The van der Waals surface area contributed by atoms with Crippen molar-refractivity contribution in [2.24, 2.45) is 0 Å². The van der Waals surface area contributed by atoms with Gasteiger partial charge in [0, 0.05) is 17.8 Å². The van der Waals surface area contributed by atoms with Crippen LogP contribution in [0.3, 0.4) is 0 Å². The number of anilines is 1. The second-order valence-electron chi connectivity index (χ2n) is 3.67. The third-order valence-corrected chi connectivity index (χ3v) is 2.26. The molecule has 5 heteroatoms. The summed E-state index contributed by atoms with van der Waals surface area (Å²) in [5.74, 6) is -0.143. The molecule has 0 radical (unpaired) electrons. The highest BCUT2D eigenvalue weighted by Crippen LogP contribution is 2.11. The Hall–Kier alpha value is -1.59. The van der Waals surface area contributed by atoms with E-state index >= 15 is 0 Å². The molecular formula is C12H18N2O3. The van der Waals surface area contributed by atoms with Gasteiger partial charge in [-0.2, -0.15) is 0 Å². The second-order valence-corrected chi connectivity index (χ2v) is 3.67. The van der Waals surface area contributed by atoms with E-state index in [2.05, 4.69) is 5.32 Å². The normalized spacial score (nSPS) is 10.2. The quantitative estimate of drug-likeness (QED) is 0.492. The Bertz CT molecular complexity index is 380. The first kappa shape index (κ1) is 13.5. The first-order valence-corrected chi connectivity index (χ1v) is 5.48. The smallest absolute Gasteiger partial charge is 0.251 e. The molecule has 5 nitrogen and oxygen atoms in total. The summed E-state index contributed by atoms with van der Waals surface area (Å²) in [6, 6.07) is 5.16. The molecule has 0 aromatic heterocycles. The number of hydrogen-bond acceptors (Lipinski definition) is 4. The molecule has 1 amide bonds. The predicted molar refractivity (Wildman–Crippen MR) is 65.8 cm³/mol. The van der Waals surface area contributed by atoms with E-state index in [0.717, 1.165) is 5.56 Å². The van der Waals surface area contributed by atoms with Crippen molar-refractivity contribution in [2.45, 2.75) is 6.92 Å². The monoisotopic (exact) mass is 238 g/mol. The van der Waals surface area contributed by atoms with E-state index in [-0.39, 0.29) is 19.1 Å². The van der Waals surface area contributed by atoms with Crippen LogP contribution in [0.5, 0.6) is 0 Å². The first-order valence-electron chi connectivity index (χ1n) is 5.48. The Morgan fingerprint density at radius 1 is 1.47 bits per heavy atom. The van der Waals surface area contributed by atoms with Crippen LogP contribution in [-0.2, 0) is 4.74 Å². The zero-order valence-electron chi connectivity index (χ0n) is 9.90. The average molecular weight is 238 g/mol. The Morgan fingerprint density at radius 3 is 2.88 bits per heavy atom. The average Bonchev–Trinajstić information content (AvgIpc) is 2.28. The van der Waals surface area contributed by atoms with E-state index in [9.17, 15) is 4.79 Å². The van der Waals surface area contributed by atoms with Crippen molar-refractivity contribution in [3.8, 4) is 0 Å². The van der Waals surface area contributed by atoms with Crippen LogP contribution in [0, 0.1) is 6.92 Å². The molecule has 0 aliphatic rings. The minimum Gasteiger partial charge on any atom is -0.399 e. The molecule has 0 heterocycles. The highest BCUT2D eigenvalue weighted by atomic mass is 16.5. The van der Waals surface area contributed by atoms with Gasteiger partial charge in [-0.05, 0) is 30.7 Å². The zero-order chi connectivity index (χ0) is 12.7. The number of nitrogen functional groups attached to an aromatic ring is 1. The largest absolute Gasteiger partial charge is 0.399 e. The SMILES string of the molecule is Cc1cc(N)ccc1C(=O)NCCOCCO. The third kappa shape index (κ3) is 4.42. The predicted octanol–water partition coefficient (Wildman–Crippen LogP) is 0.316. The fourth-order valence-corrected chi connectivity index (χ4v) is 1.44. The minimum atomic E-state index is -0.143. The molecule has 0 spiro atoms. The summed E-state index contributed by atoms with van der Waals surface area (Å²) in [7, 11) is 0. The number of hydrogen-bond donors (Lipinski definition) is 3. The number of carbonyl (C=O) groups is 1. The molecule has 0 fully saturated rings. The molecule has 94 valence electrons. The molecule has 1 rings (SSSR count). The summed E-state index contributed by atoms with van der Waals surface area (Å²) in [6.07, 6.45) is 0. The van der Waals surface area contributed by atoms with Crippen molar-refractivity contribution in [1.29, 1.82) is 0 Å². The summed E-state index contributed by atoms with van der Waals surface area (Å²) >= 11 is 0. The number of benzene rings is 1. The van der Waals surface area contributed by atoms with Crippen LogP contribution >= 0.6 is 0 Å². The lowest BCUT2D eigenvalue weighted by Gasteiger charge is -2.08. The van der Waals surface area contributed by atoms with Gasteiger partial charge in [-0.15, -0.1) is 0 Å². The van der Waals surface area contributed by atoms with Gasteiger partial charge < -0.3 is 20.9 Å². The number of carbonyl (C=O) groups excluding carboxylic acids is 1. The molecular weight excluding hydrogens is 220 g/mol. The Morgan fingerprint density at radius 2 is 2.24 bits per heavy atom. The topological polar surface area (TPSA) is 84.6 Å². The summed E-state index contributed by atoms with van der Waals surface area (Å²) in [6.45, 7) is 2.93. The lowest BCUT2D eigenvalue weighted by atomic mass is 10.1. The van der Waals surface area contributed by atoms with Crippen molar-refractivity contribution in [2.75, 3.05) is 32.1 Å². The van der Waals surface area contributed by atoms with E-state index in [1.807, 2.05) is 6.92 Å². The van der Waals surface area contributed by atoms with E-state index in [0.29, 0.717) is 24.4 Å². The minimum absolute atomic E-state index is 0.00891. The molecule has 0 atom stereocenters. The summed E-state index contributed by atoms with van der Waals surface area (Å²) < 4.78 is 5.03. The molecule has 0 aliphatic heterocycles. The molecule has 0 bridgehead atoms. The van der Waals surface area contributed by atoms with E-state index in [1.54, 1.807) is 18.2 Å². The highest BCUT2D eigenvalue weighted by Gasteiger charge is 2.07. The van der Waals surface area contributed by atoms with Crippen molar-refractivity contribution in [3.05, 3.63) is 29.3 Å². The van der Waals surface area contributed by atoms with Crippen LogP contribution in [0.2, 0.25) is 0 Å². The van der Waals surface area contributed by atoms with Gasteiger partial charge in [0.05, 0.1) is 19.8 Å². The fourth-order valence-electron chi connectivity index (χ4n) is 1.44. The van der Waals surface area contributed by atoms with Crippen molar-refractivity contribution in [3.63, 3.8) is 0 Å². The molecule has 0 saturated heterocycles. The van der Waals surface area contributed by atoms with Crippen LogP contribution in [0.1, 0.15) is 15.9 Å². The summed E-state index contributed by atoms with van der Waals surface area (Å²) in [5.41, 5.74) is 7.71. The second kappa shape index (κ2) is 6.88. The van der Waals surface area contributed by atoms with Gasteiger partial charge in [0.2, 0.25) is 0 Å². The van der Waals surface area contributed by atoms with Gasteiger partial charge in [0.15, 0.2) is 0 Å². The lowest BCUT2D eigenvalue weighted by molar-refractivity contribution is 0.0838. The zero-order valence-corrected chi connectivity index (χ0v) is 9.90. The van der Waals surface area contributed by atoms with Gasteiger partial charge in [-0.25, -0.2) is 0 Å². The van der Waals surface area contributed by atoms with Gasteiger partial charge in [0.25, 0.3) is 5.91 Å². The molecule has 1 aromatic carbocycles. The van der Waals surface area contributed by atoms with E-state index in [4.69, 9.17) is 15.6 Å². The van der Waals surface area contributed by atoms with Crippen LogP contribution in [0.25, 0.3) is 0 Å². The van der Waals surface area contributed by atoms with E-state index in [1.165, 1.54) is 0 Å². The van der Waals surface area contributed by atoms with Gasteiger partial charge in [0.1, 0.15) is 0 Å². The Kier molecular flexibility index (Phi) is 5.45. The molecule has 17 heavy (non-hydrogen) atoms. The number of nitrogens with two attached hydrogens (primary N) is 1. The molecule has 1 aromatic rings. The summed E-state index contributed by atoms with van der Waals surface area (Å²) in [4.78, 5) is 11.8. The Labute approximate surface area is 101 Å². The maximum atomic E-state index is 11.8. The maximum Gasteiger partial charge on any atom is 0.251 e. The van der Waals surface area contributed by atoms with Crippen molar-refractivity contribution < 1.29 is 14.6 Å². The molecule has 0 saturated carbocycles. The first-order chi connectivity index (χ1) is 8.15. The molecule has 0 aliphatic carbocycles. The van der Waals surface area contributed by atoms with Crippen molar-refractivity contribution >= 4 is 11.6 Å². The van der Waals surface area contributed by atoms with Gasteiger partial charge in [-0.3, -0.25) is 4.79 Å². The third-order valence-electron chi connectivity index (χ3n) is 2.26. The number of aryl methyl sites for hydroxylation is 1. The summed E-state index contributed by atoms with van der Waals surface area (Å²) in [5, 5.41) is 11.2. The lowest BCUT2D eigenvalue weighted by Crippen LogP contribution is -2.28. The highest BCUT2D eigenvalue weighted by molar-refractivity contribution is 5.95. The number of aliphatic hydroxyl groups is 1. The van der Waals surface area contributed by atoms with Crippen molar-refractivity contribution in [1.82, 2.24) is 5.32 Å². The number of rotatable bonds is 6. The fraction of sp³-hybridized carbons (Fsp3) is 0.417. The Balaban J connectivity index is 2.42. The van der Waals surface area contributed by atoms with Crippen LogP contribution in [0.15, 0.2) is 18.2 Å². The van der Waals surface area contributed by atoms with E-state index < -0.39 is 0 Å². The van der Waals surface area contributed by atoms with Crippen LogP contribution < -0.4 is 11.1 Å². The number of ether oxygens (including phenoxy) is 1. The van der Waals surface area contributed by atoms with Gasteiger partial charge >= 0.3 is 0 Å². The maximum absolute atomic E-state index is 11.8.